The van der Waals surface area contributed by atoms with Crippen LogP contribution in [0.25, 0.3) is 21.5 Å². The highest BCUT2D eigenvalue weighted by atomic mass is 16.5. The van der Waals surface area contributed by atoms with Gasteiger partial charge in [-0.2, -0.15) is 0 Å². The maximum atomic E-state index is 13.1. The second-order valence-corrected chi connectivity index (χ2v) is 8.71. The third kappa shape index (κ3) is 3.89. The van der Waals surface area contributed by atoms with E-state index >= 15 is 0 Å². The number of amides is 1. The van der Waals surface area contributed by atoms with E-state index in [9.17, 15) is 4.79 Å². The largest absolute Gasteiger partial charge is 0.493 e. The van der Waals surface area contributed by atoms with E-state index in [1.54, 1.807) is 42.7 Å². The van der Waals surface area contributed by atoms with Crippen molar-refractivity contribution in [2.45, 2.75) is 12.3 Å². The summed E-state index contributed by atoms with van der Waals surface area (Å²) in [4.78, 5) is 13.1. The molecule has 0 saturated carbocycles. The maximum absolute atomic E-state index is 13.1. The van der Waals surface area contributed by atoms with E-state index < -0.39 is 0 Å². The van der Waals surface area contributed by atoms with Crippen LogP contribution >= 0.6 is 0 Å². The van der Waals surface area contributed by atoms with Crippen LogP contribution < -0.4 is 33.7 Å². The molecule has 8 nitrogen and oxygen atoms in total. The molecule has 4 aromatic rings. The molecule has 0 aliphatic carbocycles. The minimum absolute atomic E-state index is 0.0804. The third-order valence-electron chi connectivity index (χ3n) is 6.98. The molecule has 0 bridgehead atoms. The van der Waals surface area contributed by atoms with E-state index in [0.717, 1.165) is 38.4 Å². The second kappa shape index (κ2) is 9.61. The predicted molar refractivity (Wildman–Crippen MR) is 142 cm³/mol. The van der Waals surface area contributed by atoms with Crippen molar-refractivity contribution in [3.63, 3.8) is 0 Å². The molecule has 192 valence electrons. The van der Waals surface area contributed by atoms with Crippen molar-refractivity contribution in [2.75, 3.05) is 48.0 Å². The fourth-order valence-corrected chi connectivity index (χ4v) is 5.24. The van der Waals surface area contributed by atoms with Crippen molar-refractivity contribution in [3.8, 4) is 34.5 Å². The lowest BCUT2D eigenvalue weighted by atomic mass is 9.79. The van der Waals surface area contributed by atoms with Crippen LogP contribution in [0.1, 0.15) is 23.5 Å². The van der Waals surface area contributed by atoms with Gasteiger partial charge in [-0.1, -0.05) is 6.07 Å². The lowest BCUT2D eigenvalue weighted by Gasteiger charge is -2.30. The van der Waals surface area contributed by atoms with Crippen LogP contribution in [0.3, 0.4) is 0 Å². The standard InChI is InChI=1S/C29H29NO7/c1-32-21-8-7-15(9-22(21)33-2)16-14-27(31)30-29-20-13-26(37-6)24(35-4)11-18(20)17-10-23(34-3)25(36-5)12-19(17)28(16)29/h7-13,16H,14H2,1-6H3,(H,30,31). The molecule has 0 radical (unpaired) electrons. The summed E-state index contributed by atoms with van der Waals surface area (Å²) in [5, 5.41) is 6.74. The van der Waals surface area contributed by atoms with Crippen molar-refractivity contribution < 1.29 is 33.2 Å². The minimum Gasteiger partial charge on any atom is -0.493 e. The van der Waals surface area contributed by atoms with Crippen LogP contribution in [0.15, 0.2) is 42.5 Å². The zero-order valence-corrected chi connectivity index (χ0v) is 21.7. The number of hydrogen-bond acceptors (Lipinski definition) is 7. The molecule has 1 N–H and O–H groups in total. The molecule has 37 heavy (non-hydrogen) atoms. The van der Waals surface area contributed by atoms with Gasteiger partial charge in [-0.15, -0.1) is 0 Å². The summed E-state index contributed by atoms with van der Waals surface area (Å²) in [6, 6.07) is 13.5. The predicted octanol–water partition coefficient (Wildman–Crippen LogP) is 5.52. The van der Waals surface area contributed by atoms with E-state index in [0.29, 0.717) is 34.5 Å². The van der Waals surface area contributed by atoms with Crippen molar-refractivity contribution in [3.05, 3.63) is 53.6 Å². The quantitative estimate of drug-likeness (QED) is 0.333. The van der Waals surface area contributed by atoms with Gasteiger partial charge in [0.15, 0.2) is 34.5 Å². The Labute approximate surface area is 215 Å². The highest BCUT2D eigenvalue weighted by molar-refractivity contribution is 6.20. The van der Waals surface area contributed by atoms with Gasteiger partial charge in [-0.05, 0) is 63.7 Å². The van der Waals surface area contributed by atoms with Gasteiger partial charge >= 0.3 is 0 Å². The molecule has 5 rings (SSSR count). The summed E-state index contributed by atoms with van der Waals surface area (Å²) in [5.41, 5.74) is 2.64. The first kappa shape index (κ1) is 24.4. The average Bonchev–Trinajstić information content (AvgIpc) is 2.94. The topological polar surface area (TPSA) is 84.5 Å². The Morgan fingerprint density at radius 3 is 1.59 bits per heavy atom. The van der Waals surface area contributed by atoms with Crippen LogP contribution in [0.4, 0.5) is 5.69 Å². The minimum atomic E-state index is -0.248. The van der Waals surface area contributed by atoms with Crippen molar-refractivity contribution >= 4 is 33.1 Å². The Kier molecular flexibility index (Phi) is 6.33. The fourth-order valence-electron chi connectivity index (χ4n) is 5.24. The van der Waals surface area contributed by atoms with Crippen LogP contribution in [-0.2, 0) is 4.79 Å². The van der Waals surface area contributed by atoms with Crippen molar-refractivity contribution in [1.82, 2.24) is 0 Å². The Bertz CT molecular complexity index is 1530. The summed E-state index contributed by atoms with van der Waals surface area (Å²) in [6.45, 7) is 0. The Morgan fingerprint density at radius 2 is 1.05 bits per heavy atom. The normalized spacial score (nSPS) is 14.6. The number of carbonyl (C=O) groups excluding carboxylic acids is 1. The first-order valence-electron chi connectivity index (χ1n) is 11.8. The monoisotopic (exact) mass is 503 g/mol. The van der Waals surface area contributed by atoms with E-state index in [1.165, 1.54) is 0 Å². The molecular weight excluding hydrogens is 474 g/mol. The maximum Gasteiger partial charge on any atom is 0.225 e. The molecule has 1 heterocycles. The van der Waals surface area contributed by atoms with Crippen molar-refractivity contribution in [1.29, 1.82) is 0 Å². The van der Waals surface area contributed by atoms with E-state index in [-0.39, 0.29) is 18.2 Å². The van der Waals surface area contributed by atoms with Gasteiger partial charge in [-0.25, -0.2) is 0 Å². The van der Waals surface area contributed by atoms with Crippen LogP contribution in [0.5, 0.6) is 34.5 Å². The van der Waals surface area contributed by atoms with Gasteiger partial charge < -0.3 is 33.7 Å². The Balaban J connectivity index is 1.92. The van der Waals surface area contributed by atoms with E-state index in [2.05, 4.69) is 5.32 Å². The average molecular weight is 504 g/mol. The zero-order chi connectivity index (χ0) is 26.3. The number of methoxy groups -OCH3 is 6. The van der Waals surface area contributed by atoms with Crippen LogP contribution in [-0.4, -0.2) is 48.6 Å². The second-order valence-electron chi connectivity index (χ2n) is 8.71. The Hall–Kier alpha value is -4.33. The number of fused-ring (bicyclic) bond motifs is 6. The number of rotatable bonds is 7. The highest BCUT2D eigenvalue weighted by Crippen LogP contribution is 2.51. The SMILES string of the molecule is COc1ccc(C2CC(=O)Nc3c2c2cc(OC)c(OC)cc2c2cc(OC)c(OC)cc32)cc1OC. The number of hydrogen-bond donors (Lipinski definition) is 1. The lowest BCUT2D eigenvalue weighted by Crippen LogP contribution is -2.24. The third-order valence-corrected chi connectivity index (χ3v) is 6.98. The summed E-state index contributed by atoms with van der Waals surface area (Å²) >= 11 is 0. The number of ether oxygens (including phenoxy) is 6. The van der Waals surface area contributed by atoms with Gasteiger partial charge in [-0.3, -0.25) is 4.79 Å². The van der Waals surface area contributed by atoms with Gasteiger partial charge in [0.2, 0.25) is 5.91 Å². The molecule has 1 amide bonds. The molecule has 0 saturated heterocycles. The lowest BCUT2D eigenvalue weighted by molar-refractivity contribution is -0.116. The fraction of sp³-hybridized carbons (Fsp3) is 0.276. The summed E-state index contributed by atoms with van der Waals surface area (Å²) in [6.07, 6.45) is 0.269. The van der Waals surface area contributed by atoms with Gasteiger partial charge in [0.1, 0.15) is 0 Å². The molecule has 0 aromatic heterocycles. The van der Waals surface area contributed by atoms with Gasteiger partial charge in [0.05, 0.1) is 48.3 Å². The number of anilines is 1. The molecule has 0 fully saturated rings. The van der Waals surface area contributed by atoms with Crippen LogP contribution in [0, 0.1) is 0 Å². The highest BCUT2D eigenvalue weighted by Gasteiger charge is 2.32. The molecule has 0 spiro atoms. The first-order valence-corrected chi connectivity index (χ1v) is 11.8. The number of nitrogens with one attached hydrogen (secondary N) is 1. The number of carbonyl (C=O) groups is 1. The molecule has 1 aliphatic rings. The summed E-state index contributed by atoms with van der Waals surface area (Å²) in [5.74, 6) is 3.25. The first-order chi connectivity index (χ1) is 18.0. The molecule has 1 aliphatic heterocycles. The summed E-state index contributed by atoms with van der Waals surface area (Å²) < 4.78 is 33.5. The smallest absolute Gasteiger partial charge is 0.225 e. The van der Waals surface area contributed by atoms with Gasteiger partial charge in [0.25, 0.3) is 0 Å². The van der Waals surface area contributed by atoms with Crippen LogP contribution in [0.2, 0.25) is 0 Å². The number of benzene rings is 4. The Morgan fingerprint density at radius 1 is 0.595 bits per heavy atom. The molecule has 8 heteroatoms. The summed E-state index contributed by atoms with van der Waals surface area (Å²) in [7, 11) is 9.61. The molecule has 1 atom stereocenters. The van der Waals surface area contributed by atoms with Crippen molar-refractivity contribution in [2.24, 2.45) is 0 Å². The molecular formula is C29H29NO7. The van der Waals surface area contributed by atoms with Gasteiger partial charge in [0, 0.05) is 17.7 Å². The zero-order valence-electron chi connectivity index (χ0n) is 21.7. The molecule has 4 aromatic carbocycles. The molecule has 1 unspecified atom stereocenters. The van der Waals surface area contributed by atoms with E-state index in [1.807, 2.05) is 42.5 Å². The van der Waals surface area contributed by atoms with E-state index in [4.69, 9.17) is 28.4 Å².